The van der Waals surface area contributed by atoms with Crippen LogP contribution >= 0.6 is 16.5 Å². The first kappa shape index (κ1) is 42.9. The van der Waals surface area contributed by atoms with E-state index in [1.165, 1.54) is 83.5 Å². The molecule has 0 bridgehead atoms. The second-order valence-corrected chi connectivity index (χ2v) is 8.36. The number of rotatable bonds is 17. The van der Waals surface area contributed by atoms with Crippen LogP contribution < -0.4 is 88.7 Å². The van der Waals surface area contributed by atoms with Crippen LogP contribution in [0.2, 0.25) is 0 Å². The van der Waals surface area contributed by atoms with E-state index in [4.69, 9.17) is 14.9 Å². The number of unbranched alkanes of at least 4 members (excludes halogenated alkanes) is 13. The van der Waals surface area contributed by atoms with Crippen LogP contribution in [0.4, 0.5) is 0 Å². The van der Waals surface area contributed by atoms with Gasteiger partial charge in [0.1, 0.15) is 0 Å². The van der Waals surface area contributed by atoms with Crippen LogP contribution in [-0.2, 0) is 13.4 Å². The van der Waals surface area contributed by atoms with Gasteiger partial charge in [0.15, 0.2) is 4.31 Å². The predicted octanol–water partition coefficient (Wildman–Crippen LogP) is -1.94. The van der Waals surface area contributed by atoms with Gasteiger partial charge in [-0.3, -0.25) is 0 Å². The third-order valence-corrected chi connectivity index (χ3v) is 5.15. The van der Waals surface area contributed by atoms with Crippen LogP contribution in [0.15, 0.2) is 12.2 Å². The monoisotopic (exact) mass is 498 g/mol. The zero-order chi connectivity index (χ0) is 20.8. The average Bonchev–Trinajstić information content (AvgIpc) is 2.57. The van der Waals surface area contributed by atoms with Crippen LogP contribution in [-0.4, -0.2) is 21.0 Å². The number of allylic oxidation sites excluding steroid dienone is 1. The third kappa shape index (κ3) is 48.3. The second kappa shape index (κ2) is 36.4. The van der Waals surface area contributed by atoms with Crippen molar-refractivity contribution in [3.8, 4) is 0 Å². The number of hydrogen-bond acceptors (Lipinski definition) is 4. The minimum absolute atomic E-state index is 0. The molecule has 30 heavy (non-hydrogen) atoms. The molecule has 0 heterocycles. The van der Waals surface area contributed by atoms with Gasteiger partial charge in [-0.1, -0.05) is 96.1 Å². The fraction of sp³-hybridized carbons (Fsp3) is 0.895. The topological polar surface area (TPSA) is 104 Å². The summed E-state index contributed by atoms with van der Waals surface area (Å²) in [5.41, 5.74) is 0. The van der Waals surface area contributed by atoms with Gasteiger partial charge in [-0.05, 0) is 19.8 Å². The molecule has 0 aromatic rings. The number of aliphatic hydroxyl groups excluding tert-OH is 1. The summed E-state index contributed by atoms with van der Waals surface area (Å²) in [7, 11) is -5.85. The Labute approximate surface area is 257 Å². The summed E-state index contributed by atoms with van der Waals surface area (Å²) in [5, 5.41) is 9.07. The SMILES string of the molecule is CCCCCCCCCCCCCCCC=CC(C)O.O=[P+](O)O[P+](=O)O.[H-].[H-].[H-].[Na+].[Na+].[Na+]. The van der Waals surface area contributed by atoms with E-state index in [0.717, 1.165) is 6.42 Å². The standard InChI is InChI=1S/C19H38O.3Na.O5P2.3H/c1-3-4-5-6-7-8-9-10-11-12-13-14-15-16-17-18-19(2)20;;;;1-6(2)5-7(3)4;;;/h17-20H,3-16H2,1-2H3;;;;;;;/q;3*+1;;3*-1/p+2. The minimum atomic E-state index is -2.92. The van der Waals surface area contributed by atoms with Gasteiger partial charge in [-0.15, -0.1) is 9.79 Å². The molecule has 0 aliphatic rings. The maximum Gasteiger partial charge on any atom is 1.00 e. The fourth-order valence-electron chi connectivity index (χ4n) is 2.63. The average molecular weight is 498 g/mol. The molecule has 0 amide bonds. The largest absolute Gasteiger partial charge is 1.00 e. The van der Waals surface area contributed by atoms with Crippen LogP contribution in [0.5, 0.6) is 0 Å². The molecule has 0 rings (SSSR count). The van der Waals surface area contributed by atoms with Gasteiger partial charge in [-0.2, -0.15) is 0 Å². The predicted molar refractivity (Wildman–Crippen MR) is 115 cm³/mol. The summed E-state index contributed by atoms with van der Waals surface area (Å²) < 4.78 is 22.2. The molecule has 3 N–H and O–H groups in total. The minimum Gasteiger partial charge on any atom is -1.00 e. The van der Waals surface area contributed by atoms with Crippen molar-refractivity contribution in [2.24, 2.45) is 0 Å². The Morgan fingerprint density at radius 3 is 1.37 bits per heavy atom. The summed E-state index contributed by atoms with van der Waals surface area (Å²) in [4.78, 5) is 15.3. The molecule has 0 saturated carbocycles. The first-order valence-electron chi connectivity index (χ1n) is 10.2. The van der Waals surface area contributed by atoms with Crippen molar-refractivity contribution in [2.75, 3.05) is 0 Å². The van der Waals surface area contributed by atoms with E-state index in [0.29, 0.717) is 0 Å². The maximum absolute atomic E-state index is 9.39. The van der Waals surface area contributed by atoms with Crippen molar-refractivity contribution in [2.45, 2.75) is 110 Å². The van der Waals surface area contributed by atoms with E-state index >= 15 is 0 Å². The van der Waals surface area contributed by atoms with E-state index in [2.05, 4.69) is 17.3 Å². The summed E-state index contributed by atoms with van der Waals surface area (Å²) in [5.74, 6) is 0. The maximum atomic E-state index is 9.39. The molecule has 6 nitrogen and oxygen atoms in total. The summed E-state index contributed by atoms with van der Waals surface area (Å²) in [6.45, 7) is 4.09. The zero-order valence-corrected chi connectivity index (χ0v) is 27.9. The Morgan fingerprint density at radius 1 is 0.767 bits per heavy atom. The molecule has 166 valence electrons. The molecule has 0 spiro atoms. The van der Waals surface area contributed by atoms with E-state index in [1.54, 1.807) is 6.92 Å². The summed E-state index contributed by atoms with van der Waals surface area (Å²) in [6.07, 6.45) is 23.2. The molecular formula is C19H43Na3O6P2+2. The fourth-order valence-corrected chi connectivity index (χ4v) is 3.11. The molecule has 0 aromatic carbocycles. The Bertz CT molecular complexity index is 392. The molecule has 11 heteroatoms. The smallest absolute Gasteiger partial charge is 1.00 e. The number of hydrogen-bond donors (Lipinski definition) is 3. The Hall–Kier alpha value is 2.78. The van der Waals surface area contributed by atoms with Crippen molar-refractivity contribution < 1.29 is 121 Å². The quantitative estimate of drug-likeness (QED) is 0.0933. The van der Waals surface area contributed by atoms with Crippen molar-refractivity contribution in [1.29, 1.82) is 0 Å². The van der Waals surface area contributed by atoms with Gasteiger partial charge < -0.3 is 9.39 Å². The summed E-state index contributed by atoms with van der Waals surface area (Å²) in [6, 6.07) is 0. The van der Waals surface area contributed by atoms with E-state index in [1.807, 2.05) is 6.08 Å². The first-order chi connectivity index (χ1) is 12.9. The molecule has 0 aromatic heterocycles. The van der Waals surface area contributed by atoms with E-state index in [-0.39, 0.29) is 99.1 Å². The van der Waals surface area contributed by atoms with Gasteiger partial charge in [0.05, 0.1) is 6.10 Å². The van der Waals surface area contributed by atoms with Gasteiger partial charge in [0.25, 0.3) is 0 Å². The molecule has 3 unspecified atom stereocenters. The molecular weight excluding hydrogens is 455 g/mol. The summed E-state index contributed by atoms with van der Waals surface area (Å²) >= 11 is 0. The molecule has 0 radical (unpaired) electrons. The molecule has 3 atom stereocenters. The van der Waals surface area contributed by atoms with Crippen LogP contribution in [0.25, 0.3) is 0 Å². The Balaban J connectivity index is -0.0000000705. The van der Waals surface area contributed by atoms with Crippen LogP contribution in [0.3, 0.4) is 0 Å². The molecule has 0 aliphatic carbocycles. The van der Waals surface area contributed by atoms with Crippen molar-refractivity contribution >= 4 is 16.5 Å². The second-order valence-electron chi connectivity index (χ2n) is 6.76. The third-order valence-electron chi connectivity index (χ3n) is 4.03. The Morgan fingerprint density at radius 2 is 1.10 bits per heavy atom. The van der Waals surface area contributed by atoms with Crippen molar-refractivity contribution in [1.82, 2.24) is 0 Å². The van der Waals surface area contributed by atoms with Gasteiger partial charge in [0, 0.05) is 9.13 Å². The zero-order valence-electron chi connectivity index (χ0n) is 23.1. The Kier molecular flexibility index (Phi) is 52.0. The number of aliphatic hydroxyl groups is 1. The first-order valence-corrected chi connectivity index (χ1v) is 12.5. The van der Waals surface area contributed by atoms with E-state index in [9.17, 15) is 9.13 Å². The van der Waals surface area contributed by atoms with Gasteiger partial charge in [-0.25, -0.2) is 0 Å². The normalized spacial score (nSPS) is 11.9. The van der Waals surface area contributed by atoms with Crippen LogP contribution in [0.1, 0.15) is 108 Å². The molecule has 0 aliphatic heterocycles. The van der Waals surface area contributed by atoms with Crippen LogP contribution in [0, 0.1) is 0 Å². The molecule has 0 fully saturated rings. The van der Waals surface area contributed by atoms with E-state index < -0.39 is 16.5 Å². The van der Waals surface area contributed by atoms with Crippen molar-refractivity contribution in [3.63, 3.8) is 0 Å². The molecule has 0 saturated heterocycles. The van der Waals surface area contributed by atoms with Gasteiger partial charge in [0.2, 0.25) is 0 Å². The van der Waals surface area contributed by atoms with Gasteiger partial charge >= 0.3 is 105 Å². The van der Waals surface area contributed by atoms with Crippen molar-refractivity contribution in [3.05, 3.63) is 12.2 Å².